The minimum absolute atomic E-state index is 0.350. The molecule has 27 heavy (non-hydrogen) atoms. The molecule has 0 spiro atoms. The minimum Gasteiger partial charge on any atom is -0.507 e. The van der Waals surface area contributed by atoms with Crippen LogP contribution in [-0.4, -0.2) is 24.9 Å². The fourth-order valence-electron chi connectivity index (χ4n) is 2.42. The Morgan fingerprint density at radius 3 is 1.15 bits per heavy atom. The molecule has 0 aromatic heterocycles. The highest BCUT2D eigenvalue weighted by atomic mass is 31.2. The van der Waals surface area contributed by atoms with E-state index in [1.807, 2.05) is 72.8 Å². The van der Waals surface area contributed by atoms with Gasteiger partial charge in [0.2, 0.25) is 0 Å². The highest BCUT2D eigenvalue weighted by molar-refractivity contribution is 7.45. The van der Waals surface area contributed by atoms with Crippen molar-refractivity contribution in [1.82, 2.24) is 0 Å². The Labute approximate surface area is 155 Å². The maximum Gasteiger partial charge on any atom is 0.466 e. The van der Waals surface area contributed by atoms with E-state index < -0.39 is 7.82 Å². The lowest BCUT2D eigenvalue weighted by Crippen LogP contribution is -1.70. The summed E-state index contributed by atoms with van der Waals surface area (Å²) < 4.78 is 8.88. The van der Waals surface area contributed by atoms with Crippen molar-refractivity contribution in [3.8, 4) is 11.5 Å². The van der Waals surface area contributed by atoms with Gasteiger partial charge in [0.05, 0.1) is 0 Å². The van der Waals surface area contributed by atoms with Crippen LogP contribution in [0.2, 0.25) is 0 Å². The van der Waals surface area contributed by atoms with E-state index in [9.17, 15) is 10.2 Å². The highest BCUT2D eigenvalue weighted by Crippen LogP contribution is 2.26. The molecule has 0 bridgehead atoms. The summed E-state index contributed by atoms with van der Waals surface area (Å²) in [5, 5.41) is 22.7. The molecule has 0 amide bonds. The quantitative estimate of drug-likeness (QED) is 0.290. The van der Waals surface area contributed by atoms with E-state index in [4.69, 9.17) is 19.2 Å². The molecule has 4 aromatic rings. The SMILES string of the molecule is O=P(O)(O)O.Oc1cccc2ccccc12.Oc1cccc2ccccc12. The van der Waals surface area contributed by atoms with Crippen LogP contribution in [0.1, 0.15) is 0 Å². The Morgan fingerprint density at radius 1 is 0.519 bits per heavy atom. The molecule has 0 aliphatic carbocycles. The second-order valence-corrected chi connectivity index (χ2v) is 6.54. The van der Waals surface area contributed by atoms with Crippen molar-refractivity contribution < 1.29 is 29.5 Å². The molecule has 0 unspecified atom stereocenters. The molecule has 0 aliphatic rings. The van der Waals surface area contributed by atoms with Gasteiger partial charge in [-0.25, -0.2) is 4.57 Å². The van der Waals surface area contributed by atoms with Crippen LogP contribution in [0.3, 0.4) is 0 Å². The number of hydrogen-bond donors (Lipinski definition) is 5. The van der Waals surface area contributed by atoms with Crippen LogP contribution in [0.25, 0.3) is 21.5 Å². The second kappa shape index (κ2) is 9.16. The molecule has 0 heterocycles. The maximum absolute atomic E-state index is 9.37. The zero-order chi connectivity index (χ0) is 19.9. The van der Waals surface area contributed by atoms with Gasteiger partial charge in [-0.2, -0.15) is 0 Å². The molecular weight excluding hydrogens is 367 g/mol. The first-order valence-electron chi connectivity index (χ1n) is 7.87. The lowest BCUT2D eigenvalue weighted by Gasteiger charge is -1.97. The van der Waals surface area contributed by atoms with Gasteiger partial charge in [0, 0.05) is 10.8 Å². The molecular formula is C20H19O6P. The molecule has 0 saturated carbocycles. The molecule has 0 fully saturated rings. The summed E-state index contributed by atoms with van der Waals surface area (Å²) in [6.07, 6.45) is 0. The van der Waals surface area contributed by atoms with E-state index in [2.05, 4.69) is 0 Å². The van der Waals surface area contributed by atoms with Crippen LogP contribution < -0.4 is 0 Å². The van der Waals surface area contributed by atoms with Crippen molar-refractivity contribution in [3.05, 3.63) is 84.9 Å². The normalized spacial score (nSPS) is 10.5. The van der Waals surface area contributed by atoms with E-state index >= 15 is 0 Å². The van der Waals surface area contributed by atoms with Crippen LogP contribution in [0.15, 0.2) is 84.9 Å². The van der Waals surface area contributed by atoms with Gasteiger partial charge in [0.15, 0.2) is 0 Å². The number of rotatable bonds is 0. The van der Waals surface area contributed by atoms with Gasteiger partial charge in [-0.15, -0.1) is 0 Å². The van der Waals surface area contributed by atoms with E-state index in [0.717, 1.165) is 21.5 Å². The first kappa shape index (κ1) is 20.4. The fourth-order valence-corrected chi connectivity index (χ4v) is 2.42. The van der Waals surface area contributed by atoms with Crippen LogP contribution in [0.4, 0.5) is 0 Å². The van der Waals surface area contributed by atoms with Gasteiger partial charge in [-0.05, 0) is 22.9 Å². The predicted octanol–water partition coefficient (Wildman–Crippen LogP) is 4.16. The van der Waals surface area contributed by atoms with E-state index in [1.165, 1.54) is 0 Å². The van der Waals surface area contributed by atoms with E-state index in [1.54, 1.807) is 12.1 Å². The summed E-state index contributed by atoms with van der Waals surface area (Å²) in [4.78, 5) is 21.6. The van der Waals surface area contributed by atoms with Gasteiger partial charge in [0.1, 0.15) is 11.5 Å². The lowest BCUT2D eigenvalue weighted by molar-refractivity contribution is 0.275. The largest absolute Gasteiger partial charge is 0.507 e. The third-order valence-corrected chi connectivity index (χ3v) is 3.53. The number of fused-ring (bicyclic) bond motifs is 2. The van der Waals surface area contributed by atoms with E-state index in [0.29, 0.717) is 11.5 Å². The molecule has 0 atom stereocenters. The molecule has 0 aliphatic heterocycles. The third kappa shape index (κ3) is 6.73. The highest BCUT2D eigenvalue weighted by Gasteiger charge is 2.00. The Kier molecular flexibility index (Phi) is 6.93. The van der Waals surface area contributed by atoms with Crippen molar-refractivity contribution in [1.29, 1.82) is 0 Å². The molecule has 0 radical (unpaired) electrons. The molecule has 4 rings (SSSR count). The van der Waals surface area contributed by atoms with Crippen LogP contribution in [0, 0.1) is 0 Å². The fraction of sp³-hybridized carbons (Fsp3) is 0. The maximum atomic E-state index is 9.37. The summed E-state index contributed by atoms with van der Waals surface area (Å²) in [5.74, 6) is 0.700. The summed E-state index contributed by atoms with van der Waals surface area (Å²) in [7, 11) is -4.64. The summed E-state index contributed by atoms with van der Waals surface area (Å²) in [5.41, 5.74) is 0. The number of phosphoric acid groups is 1. The van der Waals surface area contributed by atoms with Gasteiger partial charge < -0.3 is 24.9 Å². The average molecular weight is 386 g/mol. The van der Waals surface area contributed by atoms with Crippen molar-refractivity contribution >= 4 is 29.4 Å². The van der Waals surface area contributed by atoms with Crippen molar-refractivity contribution in [2.75, 3.05) is 0 Å². The Morgan fingerprint density at radius 2 is 0.815 bits per heavy atom. The van der Waals surface area contributed by atoms with Gasteiger partial charge in [-0.3, -0.25) is 0 Å². The topological polar surface area (TPSA) is 118 Å². The van der Waals surface area contributed by atoms with Gasteiger partial charge in [0.25, 0.3) is 0 Å². The Hall–Kier alpha value is -2.89. The number of phenols is 2. The van der Waals surface area contributed by atoms with Crippen LogP contribution in [0.5, 0.6) is 11.5 Å². The number of hydrogen-bond acceptors (Lipinski definition) is 3. The first-order valence-corrected chi connectivity index (χ1v) is 9.44. The molecule has 0 saturated heterocycles. The predicted molar refractivity (Wildman–Crippen MR) is 105 cm³/mol. The first-order chi connectivity index (χ1) is 12.8. The molecule has 140 valence electrons. The number of benzene rings is 4. The van der Waals surface area contributed by atoms with Gasteiger partial charge >= 0.3 is 7.82 Å². The minimum atomic E-state index is -4.64. The molecule has 4 aromatic carbocycles. The van der Waals surface area contributed by atoms with Crippen LogP contribution >= 0.6 is 7.82 Å². The average Bonchev–Trinajstić information content (AvgIpc) is 2.62. The molecule has 6 nitrogen and oxygen atoms in total. The zero-order valence-corrected chi connectivity index (χ0v) is 15.1. The lowest BCUT2D eigenvalue weighted by atomic mass is 10.1. The number of aromatic hydroxyl groups is 2. The zero-order valence-electron chi connectivity index (χ0n) is 14.2. The Balaban J connectivity index is 0.000000157. The molecule has 7 heteroatoms. The summed E-state index contributed by atoms with van der Waals surface area (Å²) in [6, 6.07) is 26.6. The standard InChI is InChI=1S/2C10H8O.H3O4P/c2*11-10-7-3-5-8-4-1-2-6-9(8)10;1-5(2,3)4/h2*1-7,11H;(H3,1,2,3,4). The monoisotopic (exact) mass is 386 g/mol. The van der Waals surface area contributed by atoms with Crippen molar-refractivity contribution in [3.63, 3.8) is 0 Å². The smallest absolute Gasteiger partial charge is 0.466 e. The summed E-state index contributed by atoms with van der Waals surface area (Å²) >= 11 is 0. The van der Waals surface area contributed by atoms with Crippen LogP contribution in [-0.2, 0) is 4.57 Å². The second-order valence-electron chi connectivity index (χ2n) is 5.51. The van der Waals surface area contributed by atoms with Gasteiger partial charge in [-0.1, -0.05) is 72.8 Å². The third-order valence-electron chi connectivity index (χ3n) is 3.53. The van der Waals surface area contributed by atoms with Crippen molar-refractivity contribution in [2.45, 2.75) is 0 Å². The van der Waals surface area contributed by atoms with E-state index in [-0.39, 0.29) is 0 Å². The summed E-state index contributed by atoms with van der Waals surface area (Å²) in [6.45, 7) is 0. The number of phenolic OH excluding ortho intramolecular Hbond substituents is 2. The molecule has 5 N–H and O–H groups in total. The Bertz CT molecular complexity index is 978. The van der Waals surface area contributed by atoms with Crippen molar-refractivity contribution in [2.24, 2.45) is 0 Å².